The molecule has 0 aromatic heterocycles. The Labute approximate surface area is 127 Å². The van der Waals surface area contributed by atoms with Crippen molar-refractivity contribution >= 4 is 0 Å². The molecule has 108 valence electrons. The van der Waals surface area contributed by atoms with Gasteiger partial charge in [0.15, 0.2) is 6.29 Å². The van der Waals surface area contributed by atoms with Crippen LogP contribution < -0.4 is 0 Å². The summed E-state index contributed by atoms with van der Waals surface area (Å²) < 4.78 is 11.1. The highest BCUT2D eigenvalue weighted by molar-refractivity contribution is 5.50. The van der Waals surface area contributed by atoms with E-state index in [1.807, 2.05) is 24.3 Å². The van der Waals surface area contributed by atoms with Crippen molar-refractivity contribution in [2.75, 3.05) is 13.2 Å². The van der Waals surface area contributed by atoms with E-state index in [1.165, 1.54) is 6.42 Å². The smallest absolute Gasteiger partial charge is 0.158 e. The number of hydrogen-bond acceptors (Lipinski definition) is 2. The fourth-order valence-corrected chi connectivity index (χ4v) is 2.03. The molecule has 1 unspecified atom stereocenters. The first-order valence-corrected chi connectivity index (χ1v) is 7.31. The molecular weight excluding hydrogens is 260 g/mol. The van der Waals surface area contributed by atoms with Gasteiger partial charge in [-0.25, -0.2) is 0 Å². The van der Waals surface area contributed by atoms with Crippen LogP contribution in [0, 0.1) is 23.7 Å². The van der Waals surface area contributed by atoms with Crippen LogP contribution in [-0.4, -0.2) is 19.5 Å². The second-order valence-electron chi connectivity index (χ2n) is 4.75. The Hall–Kier alpha value is -2.00. The lowest BCUT2D eigenvalue weighted by molar-refractivity contribution is -0.154. The lowest BCUT2D eigenvalue weighted by atomic mass is 10.1. The second kappa shape index (κ2) is 9.03. The first kappa shape index (κ1) is 15.4. The third-order valence-corrected chi connectivity index (χ3v) is 3.10. The van der Waals surface area contributed by atoms with E-state index in [4.69, 9.17) is 9.47 Å². The third kappa shape index (κ3) is 5.48. The molecule has 1 saturated heterocycles. The Balaban J connectivity index is 1.92. The molecule has 0 radical (unpaired) electrons. The zero-order valence-corrected chi connectivity index (χ0v) is 12.2. The quantitative estimate of drug-likeness (QED) is 0.623. The number of allylic oxidation sites excluding steroid dienone is 1. The van der Waals surface area contributed by atoms with Gasteiger partial charge in [-0.05, 0) is 31.4 Å². The molecule has 1 aliphatic rings. The van der Waals surface area contributed by atoms with Gasteiger partial charge in [-0.3, -0.25) is 0 Å². The lowest BCUT2D eigenvalue weighted by Crippen LogP contribution is -2.22. The van der Waals surface area contributed by atoms with E-state index in [0.29, 0.717) is 13.0 Å². The van der Waals surface area contributed by atoms with Crippen molar-refractivity contribution in [2.24, 2.45) is 0 Å². The van der Waals surface area contributed by atoms with Gasteiger partial charge in [0.2, 0.25) is 0 Å². The van der Waals surface area contributed by atoms with Crippen molar-refractivity contribution in [3.8, 4) is 23.7 Å². The summed E-state index contributed by atoms with van der Waals surface area (Å²) in [6, 6.07) is 7.89. The Morgan fingerprint density at radius 1 is 1.19 bits per heavy atom. The van der Waals surface area contributed by atoms with Gasteiger partial charge in [0, 0.05) is 24.2 Å². The highest BCUT2D eigenvalue weighted by atomic mass is 16.7. The molecule has 0 saturated carbocycles. The summed E-state index contributed by atoms with van der Waals surface area (Å²) in [5.74, 6) is 12.3. The van der Waals surface area contributed by atoms with E-state index >= 15 is 0 Å². The molecule has 0 bridgehead atoms. The molecule has 21 heavy (non-hydrogen) atoms. The maximum atomic E-state index is 5.60. The maximum Gasteiger partial charge on any atom is 0.158 e. The summed E-state index contributed by atoms with van der Waals surface area (Å²) in [6.45, 7) is 4.84. The molecule has 1 atom stereocenters. The standard InChI is InChI=1S/C19H20O2/c1-2-3-4-10-17-11-5-6-12-18(17)13-9-16-21-19-14-7-8-15-20-19/h2,5-6,11-12,19H,1,3,7-8,14-16H2. The van der Waals surface area contributed by atoms with Gasteiger partial charge in [-0.1, -0.05) is 41.9 Å². The summed E-state index contributed by atoms with van der Waals surface area (Å²) in [5.41, 5.74) is 1.88. The van der Waals surface area contributed by atoms with Crippen LogP contribution in [0.3, 0.4) is 0 Å². The summed E-state index contributed by atoms with van der Waals surface area (Å²) in [7, 11) is 0. The van der Waals surface area contributed by atoms with Crippen molar-refractivity contribution in [2.45, 2.75) is 32.0 Å². The van der Waals surface area contributed by atoms with Crippen LogP contribution in [0.25, 0.3) is 0 Å². The van der Waals surface area contributed by atoms with Gasteiger partial charge in [0.1, 0.15) is 6.61 Å². The Kier molecular flexibility index (Phi) is 6.62. The molecule has 0 N–H and O–H groups in total. The molecule has 0 spiro atoms. The van der Waals surface area contributed by atoms with Crippen LogP contribution >= 0.6 is 0 Å². The molecule has 2 rings (SSSR count). The Morgan fingerprint density at radius 2 is 1.95 bits per heavy atom. The monoisotopic (exact) mass is 280 g/mol. The predicted octanol–water partition coefficient (Wildman–Crippen LogP) is 3.51. The van der Waals surface area contributed by atoms with Crippen molar-refractivity contribution in [1.29, 1.82) is 0 Å². The summed E-state index contributed by atoms with van der Waals surface area (Å²) in [4.78, 5) is 0. The minimum Gasteiger partial charge on any atom is -0.353 e. The van der Waals surface area contributed by atoms with Crippen LogP contribution in [0.4, 0.5) is 0 Å². The minimum absolute atomic E-state index is 0.0873. The number of rotatable bonds is 3. The molecule has 2 nitrogen and oxygen atoms in total. The Morgan fingerprint density at radius 3 is 2.62 bits per heavy atom. The molecule has 1 aromatic carbocycles. The molecule has 1 heterocycles. The van der Waals surface area contributed by atoms with Gasteiger partial charge >= 0.3 is 0 Å². The largest absolute Gasteiger partial charge is 0.353 e. The first-order chi connectivity index (χ1) is 10.4. The maximum absolute atomic E-state index is 5.60. The SMILES string of the molecule is C=CCC#Cc1ccccc1C#CCOC1CCCCO1. The fourth-order valence-electron chi connectivity index (χ4n) is 2.03. The van der Waals surface area contributed by atoms with Gasteiger partial charge in [0.05, 0.1) is 0 Å². The van der Waals surface area contributed by atoms with Crippen LogP contribution in [-0.2, 0) is 9.47 Å². The third-order valence-electron chi connectivity index (χ3n) is 3.10. The van der Waals surface area contributed by atoms with Crippen LogP contribution in [0.1, 0.15) is 36.8 Å². The van der Waals surface area contributed by atoms with Crippen molar-refractivity contribution < 1.29 is 9.47 Å². The highest BCUT2D eigenvalue weighted by Gasteiger charge is 2.12. The summed E-state index contributed by atoms with van der Waals surface area (Å²) in [5, 5.41) is 0. The van der Waals surface area contributed by atoms with Gasteiger partial charge in [-0.2, -0.15) is 0 Å². The van der Waals surface area contributed by atoms with E-state index in [2.05, 4.69) is 30.3 Å². The molecular formula is C19H20O2. The van der Waals surface area contributed by atoms with Gasteiger partial charge in [-0.15, -0.1) is 6.58 Å². The van der Waals surface area contributed by atoms with Crippen LogP contribution in [0.15, 0.2) is 36.9 Å². The average Bonchev–Trinajstić information content (AvgIpc) is 2.54. The highest BCUT2D eigenvalue weighted by Crippen LogP contribution is 2.13. The first-order valence-electron chi connectivity index (χ1n) is 7.31. The number of ether oxygens (including phenoxy) is 2. The van der Waals surface area contributed by atoms with Crippen molar-refractivity contribution in [3.05, 3.63) is 48.0 Å². The van der Waals surface area contributed by atoms with Crippen LogP contribution in [0.2, 0.25) is 0 Å². The Bertz CT molecular complexity index is 575. The molecule has 0 aliphatic carbocycles. The lowest BCUT2D eigenvalue weighted by Gasteiger charge is -2.21. The summed E-state index contributed by atoms with van der Waals surface area (Å²) in [6.07, 6.45) is 5.65. The van der Waals surface area contributed by atoms with Crippen molar-refractivity contribution in [1.82, 2.24) is 0 Å². The van der Waals surface area contributed by atoms with Gasteiger partial charge in [0.25, 0.3) is 0 Å². The summed E-state index contributed by atoms with van der Waals surface area (Å²) >= 11 is 0. The van der Waals surface area contributed by atoms with E-state index in [9.17, 15) is 0 Å². The average molecular weight is 280 g/mol. The zero-order chi connectivity index (χ0) is 14.8. The fraction of sp³-hybridized carbons (Fsp3) is 0.368. The molecule has 1 aromatic rings. The molecule has 2 heteroatoms. The number of hydrogen-bond donors (Lipinski definition) is 0. The van der Waals surface area contributed by atoms with Gasteiger partial charge < -0.3 is 9.47 Å². The number of benzene rings is 1. The van der Waals surface area contributed by atoms with Crippen LogP contribution in [0.5, 0.6) is 0 Å². The van der Waals surface area contributed by atoms with Crippen molar-refractivity contribution in [3.63, 3.8) is 0 Å². The molecule has 1 fully saturated rings. The zero-order valence-electron chi connectivity index (χ0n) is 12.2. The second-order valence-corrected chi connectivity index (χ2v) is 4.75. The van der Waals surface area contributed by atoms with E-state index in [0.717, 1.165) is 30.6 Å². The topological polar surface area (TPSA) is 18.5 Å². The molecule has 0 amide bonds. The normalized spacial score (nSPS) is 17.0. The molecule has 1 aliphatic heterocycles. The van der Waals surface area contributed by atoms with E-state index < -0.39 is 0 Å². The van der Waals surface area contributed by atoms with E-state index in [-0.39, 0.29) is 6.29 Å². The predicted molar refractivity (Wildman–Crippen MR) is 84.6 cm³/mol. The minimum atomic E-state index is -0.0873. The van der Waals surface area contributed by atoms with E-state index in [1.54, 1.807) is 6.08 Å².